The standard InChI is InChI=1S/C27H29N3O6/c1-4-33-24-12-10-19(14-26(24)34-5-2)16-30-17-20(15-28-30)29-27(31)25-13-11-21(36-25)18-35-23-9-7-6-8-22(23)32-3/h6-15,17H,4-5,16,18H2,1-3H3,(H,29,31). The minimum absolute atomic E-state index is 0.164. The highest BCUT2D eigenvalue weighted by Crippen LogP contribution is 2.29. The molecule has 36 heavy (non-hydrogen) atoms. The molecule has 0 unspecified atom stereocenters. The van der Waals surface area contributed by atoms with E-state index in [0.29, 0.717) is 54.2 Å². The summed E-state index contributed by atoms with van der Waals surface area (Å²) in [4.78, 5) is 12.7. The maximum Gasteiger partial charge on any atom is 0.291 e. The quantitative estimate of drug-likeness (QED) is 0.292. The summed E-state index contributed by atoms with van der Waals surface area (Å²) >= 11 is 0. The molecule has 0 fully saturated rings. The van der Waals surface area contributed by atoms with Crippen molar-refractivity contribution >= 4 is 11.6 Å². The molecule has 9 heteroatoms. The van der Waals surface area contributed by atoms with Gasteiger partial charge in [-0.05, 0) is 55.8 Å². The minimum Gasteiger partial charge on any atom is -0.493 e. The monoisotopic (exact) mass is 491 g/mol. The zero-order valence-corrected chi connectivity index (χ0v) is 20.5. The van der Waals surface area contributed by atoms with E-state index < -0.39 is 0 Å². The van der Waals surface area contributed by atoms with Gasteiger partial charge in [0, 0.05) is 6.20 Å². The van der Waals surface area contributed by atoms with Crippen molar-refractivity contribution in [3.05, 3.63) is 84.1 Å². The fraction of sp³-hybridized carbons (Fsp3) is 0.259. The van der Waals surface area contributed by atoms with Gasteiger partial charge >= 0.3 is 0 Å². The van der Waals surface area contributed by atoms with Gasteiger partial charge in [-0.15, -0.1) is 0 Å². The molecule has 0 aliphatic heterocycles. The lowest BCUT2D eigenvalue weighted by Crippen LogP contribution is -2.10. The second-order valence-electron chi connectivity index (χ2n) is 7.73. The normalized spacial score (nSPS) is 10.6. The van der Waals surface area contributed by atoms with Crippen LogP contribution in [-0.2, 0) is 13.2 Å². The molecule has 0 spiro atoms. The molecule has 2 aromatic carbocycles. The molecule has 188 valence electrons. The van der Waals surface area contributed by atoms with Crippen LogP contribution in [0, 0.1) is 0 Å². The first-order chi connectivity index (χ1) is 17.6. The first-order valence-electron chi connectivity index (χ1n) is 11.7. The zero-order chi connectivity index (χ0) is 25.3. The van der Waals surface area contributed by atoms with Crippen molar-refractivity contribution in [2.24, 2.45) is 0 Å². The Labute approximate surface area is 209 Å². The Balaban J connectivity index is 1.34. The number of carbonyl (C=O) groups excluding carboxylic acids is 1. The van der Waals surface area contributed by atoms with E-state index in [4.69, 9.17) is 23.4 Å². The van der Waals surface area contributed by atoms with E-state index in [1.165, 1.54) is 0 Å². The van der Waals surface area contributed by atoms with Gasteiger partial charge in [-0.1, -0.05) is 18.2 Å². The molecule has 4 rings (SSSR count). The number of para-hydroxylation sites is 2. The molecule has 4 aromatic rings. The lowest BCUT2D eigenvalue weighted by molar-refractivity contribution is 0.0992. The van der Waals surface area contributed by atoms with Gasteiger partial charge in [0.2, 0.25) is 0 Å². The summed E-state index contributed by atoms with van der Waals surface area (Å²) in [6.07, 6.45) is 3.34. The van der Waals surface area contributed by atoms with Gasteiger partial charge in [0.05, 0.1) is 38.8 Å². The molecule has 0 saturated carbocycles. The number of aromatic nitrogens is 2. The van der Waals surface area contributed by atoms with E-state index in [0.717, 1.165) is 5.56 Å². The molecule has 0 saturated heterocycles. The summed E-state index contributed by atoms with van der Waals surface area (Å²) in [5.41, 5.74) is 1.55. The number of ether oxygens (including phenoxy) is 4. The predicted octanol–water partition coefficient (Wildman–Crippen LogP) is 5.16. The highest BCUT2D eigenvalue weighted by Gasteiger charge is 2.14. The Hall–Kier alpha value is -4.40. The van der Waals surface area contributed by atoms with Crippen LogP contribution < -0.4 is 24.3 Å². The van der Waals surface area contributed by atoms with Crippen molar-refractivity contribution in [3.8, 4) is 23.0 Å². The first-order valence-corrected chi connectivity index (χ1v) is 11.7. The van der Waals surface area contributed by atoms with Gasteiger partial charge in [0.15, 0.2) is 28.8 Å². The summed E-state index contributed by atoms with van der Waals surface area (Å²) in [5, 5.41) is 7.15. The summed E-state index contributed by atoms with van der Waals surface area (Å²) in [6.45, 7) is 5.64. The van der Waals surface area contributed by atoms with Crippen LogP contribution in [0.1, 0.15) is 35.7 Å². The lowest BCUT2D eigenvalue weighted by atomic mass is 10.2. The zero-order valence-electron chi connectivity index (χ0n) is 20.5. The van der Waals surface area contributed by atoms with Crippen molar-refractivity contribution in [2.75, 3.05) is 25.6 Å². The molecule has 1 amide bonds. The molecular weight excluding hydrogens is 462 g/mol. The van der Waals surface area contributed by atoms with Gasteiger partial charge < -0.3 is 28.7 Å². The van der Waals surface area contributed by atoms with Crippen LogP contribution in [0.15, 0.2) is 71.4 Å². The average Bonchev–Trinajstić information content (AvgIpc) is 3.54. The Kier molecular flexibility index (Phi) is 8.12. The van der Waals surface area contributed by atoms with E-state index in [1.54, 1.807) is 42.4 Å². The molecule has 2 aromatic heterocycles. The molecule has 2 heterocycles. The van der Waals surface area contributed by atoms with Crippen LogP contribution in [0.25, 0.3) is 0 Å². The third kappa shape index (κ3) is 6.18. The van der Waals surface area contributed by atoms with E-state index in [1.807, 2.05) is 50.2 Å². The van der Waals surface area contributed by atoms with Crippen LogP contribution in [-0.4, -0.2) is 36.0 Å². The number of methoxy groups -OCH3 is 1. The van der Waals surface area contributed by atoms with Crippen molar-refractivity contribution in [1.82, 2.24) is 9.78 Å². The largest absolute Gasteiger partial charge is 0.493 e. The van der Waals surface area contributed by atoms with Gasteiger partial charge in [-0.3, -0.25) is 9.48 Å². The van der Waals surface area contributed by atoms with E-state index in [2.05, 4.69) is 10.4 Å². The number of amides is 1. The van der Waals surface area contributed by atoms with Crippen LogP contribution in [0.4, 0.5) is 5.69 Å². The second kappa shape index (κ2) is 11.8. The summed E-state index contributed by atoms with van der Waals surface area (Å²) < 4.78 is 29.7. The van der Waals surface area contributed by atoms with Crippen molar-refractivity contribution in [2.45, 2.75) is 27.0 Å². The number of nitrogens with one attached hydrogen (secondary N) is 1. The molecule has 0 atom stereocenters. The SMILES string of the molecule is CCOc1ccc(Cn2cc(NC(=O)c3ccc(COc4ccccc4OC)o3)cn2)cc1OCC. The van der Waals surface area contributed by atoms with Crippen molar-refractivity contribution in [3.63, 3.8) is 0 Å². The third-order valence-corrected chi connectivity index (χ3v) is 5.17. The van der Waals surface area contributed by atoms with Crippen LogP contribution >= 0.6 is 0 Å². The topological polar surface area (TPSA) is 97.0 Å². The predicted molar refractivity (Wildman–Crippen MR) is 134 cm³/mol. The van der Waals surface area contributed by atoms with Crippen LogP contribution in [0.3, 0.4) is 0 Å². The number of hydrogen-bond acceptors (Lipinski definition) is 7. The number of hydrogen-bond donors (Lipinski definition) is 1. The van der Waals surface area contributed by atoms with Gasteiger partial charge in [0.25, 0.3) is 5.91 Å². The van der Waals surface area contributed by atoms with Gasteiger partial charge in [-0.25, -0.2) is 0 Å². The highest BCUT2D eigenvalue weighted by molar-refractivity contribution is 6.02. The van der Waals surface area contributed by atoms with Crippen molar-refractivity contribution < 1.29 is 28.2 Å². The maximum absolute atomic E-state index is 12.7. The van der Waals surface area contributed by atoms with Gasteiger partial charge in [-0.2, -0.15) is 5.10 Å². The van der Waals surface area contributed by atoms with Gasteiger partial charge in [0.1, 0.15) is 12.4 Å². The number of benzene rings is 2. The number of furan rings is 1. The first kappa shape index (κ1) is 24.7. The Morgan fingerprint density at radius 2 is 1.69 bits per heavy atom. The number of rotatable bonds is 12. The average molecular weight is 492 g/mol. The molecule has 0 radical (unpaired) electrons. The van der Waals surface area contributed by atoms with E-state index in [9.17, 15) is 4.79 Å². The maximum atomic E-state index is 12.7. The summed E-state index contributed by atoms with van der Waals surface area (Å²) in [7, 11) is 1.58. The van der Waals surface area contributed by atoms with E-state index in [-0.39, 0.29) is 18.3 Å². The van der Waals surface area contributed by atoms with Crippen molar-refractivity contribution in [1.29, 1.82) is 0 Å². The molecule has 9 nitrogen and oxygen atoms in total. The minimum atomic E-state index is -0.377. The number of anilines is 1. The summed E-state index contributed by atoms with van der Waals surface area (Å²) in [5.74, 6) is 2.94. The fourth-order valence-corrected chi connectivity index (χ4v) is 3.55. The molecule has 0 aliphatic rings. The van der Waals surface area contributed by atoms with E-state index >= 15 is 0 Å². The Morgan fingerprint density at radius 1 is 0.944 bits per heavy atom. The van der Waals surface area contributed by atoms with Crippen LogP contribution in [0.2, 0.25) is 0 Å². The van der Waals surface area contributed by atoms with Crippen LogP contribution in [0.5, 0.6) is 23.0 Å². The molecular formula is C27H29N3O6. The molecule has 0 bridgehead atoms. The molecule has 1 N–H and O–H groups in total. The Morgan fingerprint density at radius 3 is 2.47 bits per heavy atom. The second-order valence-corrected chi connectivity index (χ2v) is 7.73. The number of carbonyl (C=O) groups is 1. The fourth-order valence-electron chi connectivity index (χ4n) is 3.55. The smallest absolute Gasteiger partial charge is 0.291 e. The third-order valence-electron chi connectivity index (χ3n) is 5.17. The number of nitrogens with zero attached hydrogens (tertiary/aromatic N) is 2. The molecule has 0 aliphatic carbocycles. The summed E-state index contributed by atoms with van der Waals surface area (Å²) in [6, 6.07) is 16.4. The lowest BCUT2D eigenvalue weighted by Gasteiger charge is -2.12. The highest BCUT2D eigenvalue weighted by atomic mass is 16.5. The Bertz CT molecular complexity index is 1300.